The van der Waals surface area contributed by atoms with Crippen LogP contribution in [0.25, 0.3) is 6.08 Å². The molecule has 2 N–H and O–H groups in total. The van der Waals surface area contributed by atoms with Gasteiger partial charge in [-0.25, -0.2) is 5.01 Å². The highest BCUT2D eigenvalue weighted by atomic mass is 16.3. The zero-order valence-electron chi connectivity index (χ0n) is 11.9. The number of hydrogen-bond acceptors (Lipinski definition) is 3. The lowest BCUT2D eigenvalue weighted by Gasteiger charge is -2.13. The molecular formula is C17H14N2O3. The highest BCUT2D eigenvalue weighted by molar-refractivity contribution is 6.31. The maximum atomic E-state index is 12.4. The van der Waals surface area contributed by atoms with Gasteiger partial charge < -0.3 is 5.11 Å². The zero-order valence-corrected chi connectivity index (χ0v) is 11.9. The number of nitrogens with zero attached hydrogens (tertiary/aromatic N) is 1. The molecule has 1 aliphatic heterocycles. The third-order valence-electron chi connectivity index (χ3n) is 3.39. The predicted octanol–water partition coefficient (Wildman–Crippen LogP) is 2.16. The summed E-state index contributed by atoms with van der Waals surface area (Å²) in [5, 5.41) is 11.0. The van der Waals surface area contributed by atoms with E-state index in [-0.39, 0.29) is 11.3 Å². The Bertz CT molecular complexity index is 782. The second-order valence-electron chi connectivity index (χ2n) is 5.04. The van der Waals surface area contributed by atoms with Crippen molar-refractivity contribution in [1.29, 1.82) is 0 Å². The fourth-order valence-electron chi connectivity index (χ4n) is 2.26. The van der Waals surface area contributed by atoms with E-state index < -0.39 is 11.8 Å². The molecule has 0 radical (unpaired) electrons. The molecule has 0 aromatic heterocycles. The third-order valence-corrected chi connectivity index (χ3v) is 3.39. The Morgan fingerprint density at radius 2 is 1.82 bits per heavy atom. The van der Waals surface area contributed by atoms with Crippen molar-refractivity contribution in [3.8, 4) is 5.75 Å². The predicted molar refractivity (Wildman–Crippen MR) is 82.9 cm³/mol. The average molecular weight is 294 g/mol. The monoisotopic (exact) mass is 294 g/mol. The Labute approximate surface area is 127 Å². The topological polar surface area (TPSA) is 69.6 Å². The largest absolute Gasteiger partial charge is 0.507 e. The maximum absolute atomic E-state index is 12.4. The quantitative estimate of drug-likeness (QED) is 0.658. The van der Waals surface area contributed by atoms with E-state index in [2.05, 4.69) is 5.43 Å². The molecular weight excluding hydrogens is 280 g/mol. The van der Waals surface area contributed by atoms with Crippen LogP contribution in [-0.4, -0.2) is 16.9 Å². The summed E-state index contributed by atoms with van der Waals surface area (Å²) in [6.45, 7) is 1.87. The molecule has 0 bridgehead atoms. The van der Waals surface area contributed by atoms with Crippen molar-refractivity contribution in [2.75, 3.05) is 5.01 Å². The number of aryl methyl sites for hydroxylation is 1. The van der Waals surface area contributed by atoms with Gasteiger partial charge in [0.1, 0.15) is 11.3 Å². The minimum atomic E-state index is -0.491. The van der Waals surface area contributed by atoms with E-state index in [4.69, 9.17) is 0 Å². The number of carbonyl (C=O) groups excluding carboxylic acids is 2. The van der Waals surface area contributed by atoms with Crippen molar-refractivity contribution in [3.05, 3.63) is 65.2 Å². The van der Waals surface area contributed by atoms with Crippen LogP contribution in [0, 0.1) is 6.92 Å². The zero-order chi connectivity index (χ0) is 15.7. The number of nitrogens with one attached hydrogen (secondary N) is 1. The fourth-order valence-corrected chi connectivity index (χ4v) is 2.26. The van der Waals surface area contributed by atoms with Gasteiger partial charge >= 0.3 is 0 Å². The molecule has 5 nitrogen and oxygen atoms in total. The summed E-state index contributed by atoms with van der Waals surface area (Å²) in [6, 6.07) is 13.8. The number of carbonyl (C=O) groups is 2. The second-order valence-corrected chi connectivity index (χ2v) is 5.04. The van der Waals surface area contributed by atoms with Crippen molar-refractivity contribution in [2.45, 2.75) is 6.92 Å². The Kier molecular flexibility index (Phi) is 3.39. The molecule has 2 aromatic rings. The molecule has 0 atom stereocenters. The number of phenolic OH excluding ortho intramolecular Hbond substituents is 1. The first-order valence-electron chi connectivity index (χ1n) is 6.78. The molecule has 1 heterocycles. The van der Waals surface area contributed by atoms with Crippen molar-refractivity contribution < 1.29 is 14.7 Å². The number of hydrazine groups is 1. The van der Waals surface area contributed by atoms with Gasteiger partial charge in [0.05, 0.1) is 5.69 Å². The molecule has 3 rings (SSSR count). The van der Waals surface area contributed by atoms with Crippen LogP contribution >= 0.6 is 0 Å². The fraction of sp³-hybridized carbons (Fsp3) is 0.0588. The summed E-state index contributed by atoms with van der Waals surface area (Å²) in [5.41, 5.74) is 4.46. The minimum Gasteiger partial charge on any atom is -0.507 e. The van der Waals surface area contributed by atoms with E-state index >= 15 is 0 Å². The summed E-state index contributed by atoms with van der Waals surface area (Å²) in [6.07, 6.45) is 1.41. The standard InChI is InChI=1S/C17H14N2O3/c1-11-7-8-15(20)12(9-11)10-14-16(21)18-19(17(14)22)13-5-3-2-4-6-13/h2-10,20H,1H3,(H,18,21)/b14-10+. The summed E-state index contributed by atoms with van der Waals surface area (Å²) in [7, 11) is 0. The van der Waals surface area contributed by atoms with Crippen molar-refractivity contribution >= 4 is 23.6 Å². The van der Waals surface area contributed by atoms with Crippen LogP contribution in [-0.2, 0) is 9.59 Å². The summed E-state index contributed by atoms with van der Waals surface area (Å²) < 4.78 is 0. The number of benzene rings is 2. The lowest BCUT2D eigenvalue weighted by Crippen LogP contribution is -2.35. The van der Waals surface area contributed by atoms with E-state index in [9.17, 15) is 14.7 Å². The van der Waals surface area contributed by atoms with Crippen LogP contribution in [0.4, 0.5) is 5.69 Å². The molecule has 1 saturated heterocycles. The first-order valence-corrected chi connectivity index (χ1v) is 6.78. The lowest BCUT2D eigenvalue weighted by atomic mass is 10.1. The van der Waals surface area contributed by atoms with Crippen molar-refractivity contribution in [2.24, 2.45) is 0 Å². The summed E-state index contributed by atoms with van der Waals surface area (Å²) in [5.74, 6) is -0.913. The van der Waals surface area contributed by atoms with Gasteiger partial charge in [-0.2, -0.15) is 0 Å². The number of phenols is 1. The lowest BCUT2D eigenvalue weighted by molar-refractivity contribution is -0.117. The molecule has 1 aliphatic rings. The van der Waals surface area contributed by atoms with Crippen LogP contribution in [0.1, 0.15) is 11.1 Å². The smallest absolute Gasteiger partial charge is 0.282 e. The molecule has 110 valence electrons. The van der Waals surface area contributed by atoms with Gasteiger partial charge in [0.2, 0.25) is 0 Å². The number of amides is 2. The van der Waals surface area contributed by atoms with Crippen LogP contribution in [0.15, 0.2) is 54.1 Å². The molecule has 2 amide bonds. The molecule has 22 heavy (non-hydrogen) atoms. The number of rotatable bonds is 2. The normalized spacial score (nSPS) is 16.2. The summed E-state index contributed by atoms with van der Waals surface area (Å²) >= 11 is 0. The van der Waals surface area contributed by atoms with Gasteiger partial charge in [-0.15, -0.1) is 0 Å². The molecule has 0 saturated carbocycles. The molecule has 0 spiro atoms. The minimum absolute atomic E-state index is 0.00949. The first kappa shape index (κ1) is 13.9. The number of aromatic hydroxyl groups is 1. The van der Waals surface area contributed by atoms with E-state index in [0.717, 1.165) is 5.56 Å². The highest BCUT2D eigenvalue weighted by Crippen LogP contribution is 2.25. The number of anilines is 1. The molecule has 0 aliphatic carbocycles. The third kappa shape index (κ3) is 2.44. The Morgan fingerprint density at radius 3 is 2.55 bits per heavy atom. The molecule has 2 aromatic carbocycles. The van der Waals surface area contributed by atoms with E-state index in [1.54, 1.807) is 36.4 Å². The van der Waals surface area contributed by atoms with Crippen LogP contribution in [0.5, 0.6) is 5.75 Å². The van der Waals surface area contributed by atoms with E-state index in [1.807, 2.05) is 13.0 Å². The van der Waals surface area contributed by atoms with Gasteiger partial charge in [0.15, 0.2) is 0 Å². The van der Waals surface area contributed by atoms with Gasteiger partial charge in [-0.3, -0.25) is 15.0 Å². The van der Waals surface area contributed by atoms with Crippen molar-refractivity contribution in [3.63, 3.8) is 0 Å². The van der Waals surface area contributed by atoms with Crippen LogP contribution < -0.4 is 10.4 Å². The Morgan fingerprint density at radius 1 is 1.09 bits per heavy atom. The second kappa shape index (κ2) is 5.37. The van der Waals surface area contributed by atoms with Crippen LogP contribution in [0.2, 0.25) is 0 Å². The highest BCUT2D eigenvalue weighted by Gasteiger charge is 2.34. The first-order chi connectivity index (χ1) is 10.6. The molecule has 0 unspecified atom stereocenters. The number of hydrogen-bond donors (Lipinski definition) is 2. The van der Waals surface area contributed by atoms with E-state index in [0.29, 0.717) is 11.3 Å². The van der Waals surface area contributed by atoms with Gasteiger partial charge in [0.25, 0.3) is 11.8 Å². The van der Waals surface area contributed by atoms with Gasteiger partial charge in [-0.1, -0.05) is 29.8 Å². The van der Waals surface area contributed by atoms with Gasteiger partial charge in [-0.05, 0) is 37.3 Å². The average Bonchev–Trinajstić information content (AvgIpc) is 2.80. The van der Waals surface area contributed by atoms with Crippen molar-refractivity contribution in [1.82, 2.24) is 5.43 Å². The Balaban J connectivity index is 1.98. The SMILES string of the molecule is Cc1ccc(O)c(/C=C2\C(=O)NN(c3ccccc3)C2=O)c1. The van der Waals surface area contributed by atoms with Crippen LogP contribution in [0.3, 0.4) is 0 Å². The number of para-hydroxylation sites is 1. The van der Waals surface area contributed by atoms with E-state index in [1.165, 1.54) is 17.2 Å². The molecule has 1 fully saturated rings. The molecule has 5 heteroatoms. The maximum Gasteiger partial charge on any atom is 0.282 e. The van der Waals surface area contributed by atoms with Gasteiger partial charge in [0, 0.05) is 5.56 Å². The Hall–Kier alpha value is -3.08. The summed E-state index contributed by atoms with van der Waals surface area (Å²) in [4.78, 5) is 24.5.